The molecule has 3 heteroatoms. The first-order chi connectivity index (χ1) is 12.2. The van der Waals surface area contributed by atoms with Gasteiger partial charge in [0.25, 0.3) is 0 Å². The van der Waals surface area contributed by atoms with Gasteiger partial charge < -0.3 is 9.16 Å². The fraction of sp³-hybridized carbons (Fsp3) is 0.478. The molecule has 0 radical (unpaired) electrons. The van der Waals surface area contributed by atoms with Crippen LogP contribution >= 0.6 is 0 Å². The van der Waals surface area contributed by atoms with Gasteiger partial charge in [-0.25, -0.2) is 0 Å². The highest BCUT2D eigenvalue weighted by molar-refractivity contribution is 6.74. The third-order valence-corrected chi connectivity index (χ3v) is 9.90. The second kappa shape index (κ2) is 8.41. The quantitative estimate of drug-likeness (QED) is 0.377. The van der Waals surface area contributed by atoms with Gasteiger partial charge >= 0.3 is 0 Å². The van der Waals surface area contributed by atoms with Crippen molar-refractivity contribution in [3.8, 4) is 0 Å². The zero-order chi connectivity index (χ0) is 19.3. The van der Waals surface area contributed by atoms with E-state index in [-0.39, 0.29) is 10.5 Å². The van der Waals surface area contributed by atoms with Crippen LogP contribution in [0.1, 0.15) is 39.2 Å². The van der Waals surface area contributed by atoms with Crippen molar-refractivity contribution in [1.29, 1.82) is 0 Å². The van der Waals surface area contributed by atoms with Crippen LogP contribution in [-0.2, 0) is 15.8 Å². The normalized spacial score (nSPS) is 20.6. The van der Waals surface area contributed by atoms with Crippen LogP contribution in [0.4, 0.5) is 0 Å². The fourth-order valence-electron chi connectivity index (χ4n) is 2.77. The molecule has 1 aliphatic carbocycles. The maximum Gasteiger partial charge on any atom is 0.250 e. The van der Waals surface area contributed by atoms with Crippen LogP contribution in [0.2, 0.25) is 18.1 Å². The predicted octanol–water partition coefficient (Wildman–Crippen LogP) is 6.63. The van der Waals surface area contributed by atoms with Crippen LogP contribution in [-0.4, -0.2) is 14.9 Å². The number of benzene rings is 1. The molecule has 142 valence electrons. The summed E-state index contributed by atoms with van der Waals surface area (Å²) in [6, 6.07) is 10.3. The van der Waals surface area contributed by atoms with E-state index in [9.17, 15) is 0 Å². The Hall–Kier alpha value is -1.58. The van der Waals surface area contributed by atoms with Gasteiger partial charge in [-0.2, -0.15) is 0 Å². The Bertz CT molecular complexity index is 653. The van der Waals surface area contributed by atoms with Gasteiger partial charge in [-0.3, -0.25) is 0 Å². The summed E-state index contributed by atoms with van der Waals surface area (Å²) in [5.74, 6) is 1.01. The van der Waals surface area contributed by atoms with Gasteiger partial charge in [0.2, 0.25) is 8.32 Å². The molecule has 1 aromatic carbocycles. The smallest absolute Gasteiger partial charge is 0.250 e. The minimum atomic E-state index is -1.80. The maximum atomic E-state index is 6.44. The van der Waals surface area contributed by atoms with Gasteiger partial charge in [0.1, 0.15) is 0 Å². The van der Waals surface area contributed by atoms with Gasteiger partial charge in [0, 0.05) is 5.41 Å². The highest BCUT2D eigenvalue weighted by Crippen LogP contribution is 2.40. The standard InChI is InChI=1S/C23H34O2Si/c1-7-15-23(19-24-18-20-11-9-8-10-12-20)16-13-21(14-17-23)25-26(5,6)22(2,3)4/h7-14,16H,1,15,17-19H2,2-6H3. The van der Waals surface area contributed by atoms with Gasteiger partial charge in [0.05, 0.1) is 19.0 Å². The molecule has 0 aliphatic heterocycles. The summed E-state index contributed by atoms with van der Waals surface area (Å²) in [7, 11) is -1.80. The molecule has 2 nitrogen and oxygen atoms in total. The molecule has 0 bridgehead atoms. The van der Waals surface area contributed by atoms with Crippen LogP contribution in [0.5, 0.6) is 0 Å². The summed E-state index contributed by atoms with van der Waals surface area (Å²) in [4.78, 5) is 0. The Morgan fingerprint density at radius 2 is 1.88 bits per heavy atom. The molecule has 0 saturated heterocycles. The molecule has 0 saturated carbocycles. The maximum absolute atomic E-state index is 6.44. The van der Waals surface area contributed by atoms with Crippen LogP contribution in [0, 0.1) is 5.41 Å². The van der Waals surface area contributed by atoms with Crippen molar-refractivity contribution in [2.45, 2.75) is 58.4 Å². The molecule has 1 aliphatic rings. The minimum absolute atomic E-state index is 0.0170. The van der Waals surface area contributed by atoms with Crippen molar-refractivity contribution in [2.24, 2.45) is 5.41 Å². The van der Waals surface area contributed by atoms with Crippen molar-refractivity contribution in [3.05, 3.63) is 72.5 Å². The highest BCUT2D eigenvalue weighted by atomic mass is 28.4. The van der Waals surface area contributed by atoms with Crippen LogP contribution in [0.25, 0.3) is 0 Å². The second-order valence-corrected chi connectivity index (χ2v) is 13.6. The average Bonchev–Trinajstić information content (AvgIpc) is 2.57. The summed E-state index contributed by atoms with van der Waals surface area (Å²) < 4.78 is 12.5. The van der Waals surface area contributed by atoms with E-state index in [0.29, 0.717) is 13.2 Å². The molecular formula is C23H34O2Si. The first-order valence-electron chi connectivity index (χ1n) is 9.48. The van der Waals surface area contributed by atoms with E-state index >= 15 is 0 Å². The lowest BCUT2D eigenvalue weighted by Gasteiger charge is -2.38. The van der Waals surface area contributed by atoms with Gasteiger partial charge in [-0.15, -0.1) is 6.58 Å². The molecular weight excluding hydrogens is 336 g/mol. The Balaban J connectivity index is 1.98. The Kier molecular flexibility index (Phi) is 6.70. The number of ether oxygens (including phenoxy) is 1. The van der Waals surface area contributed by atoms with E-state index < -0.39 is 8.32 Å². The topological polar surface area (TPSA) is 18.5 Å². The van der Waals surface area contributed by atoms with Crippen molar-refractivity contribution < 1.29 is 9.16 Å². The molecule has 2 rings (SSSR count). The van der Waals surface area contributed by atoms with Crippen molar-refractivity contribution >= 4 is 8.32 Å². The first kappa shape index (κ1) is 20.7. The molecule has 1 aromatic rings. The third kappa shape index (κ3) is 5.45. The van der Waals surface area contributed by atoms with Crippen molar-refractivity contribution in [2.75, 3.05) is 6.61 Å². The average molecular weight is 371 g/mol. The van der Waals surface area contributed by atoms with Gasteiger partial charge in [-0.05, 0) is 48.7 Å². The Morgan fingerprint density at radius 3 is 2.42 bits per heavy atom. The molecule has 26 heavy (non-hydrogen) atoms. The zero-order valence-corrected chi connectivity index (χ0v) is 18.0. The van der Waals surface area contributed by atoms with Crippen molar-refractivity contribution in [1.82, 2.24) is 0 Å². The molecule has 0 aromatic heterocycles. The Morgan fingerprint density at radius 1 is 1.19 bits per heavy atom. The monoisotopic (exact) mass is 370 g/mol. The zero-order valence-electron chi connectivity index (χ0n) is 17.0. The molecule has 0 N–H and O–H groups in total. The van der Waals surface area contributed by atoms with Crippen LogP contribution < -0.4 is 0 Å². The molecule has 0 heterocycles. The van der Waals surface area contributed by atoms with Gasteiger partial charge in [-0.1, -0.05) is 63.3 Å². The van der Waals surface area contributed by atoms with E-state index in [1.54, 1.807) is 0 Å². The Labute approximate surface area is 160 Å². The molecule has 0 amide bonds. The SMILES string of the molecule is C=CCC1(COCc2ccccc2)C=CC(O[Si](C)(C)C(C)(C)C)=CC1. The van der Waals surface area contributed by atoms with Crippen LogP contribution in [0.15, 0.2) is 67.0 Å². The van der Waals surface area contributed by atoms with E-state index in [1.807, 2.05) is 24.3 Å². The summed E-state index contributed by atoms with van der Waals surface area (Å²) in [6.45, 7) is 16.7. The number of hydrogen-bond donors (Lipinski definition) is 0. The third-order valence-electron chi connectivity index (χ3n) is 5.54. The first-order valence-corrected chi connectivity index (χ1v) is 12.4. The van der Waals surface area contributed by atoms with E-state index in [1.165, 1.54) is 5.56 Å². The summed E-state index contributed by atoms with van der Waals surface area (Å²) in [5, 5.41) is 0.204. The lowest BCUT2D eigenvalue weighted by atomic mass is 9.79. The molecule has 0 spiro atoms. The van der Waals surface area contributed by atoms with Crippen molar-refractivity contribution in [3.63, 3.8) is 0 Å². The summed E-state index contributed by atoms with van der Waals surface area (Å²) >= 11 is 0. The number of rotatable bonds is 8. The number of allylic oxidation sites excluding steroid dienone is 3. The van der Waals surface area contributed by atoms with E-state index in [2.05, 4.69) is 70.8 Å². The van der Waals surface area contributed by atoms with E-state index in [0.717, 1.165) is 18.6 Å². The predicted molar refractivity (Wildman–Crippen MR) is 113 cm³/mol. The lowest BCUT2D eigenvalue weighted by Crippen LogP contribution is -2.40. The fourth-order valence-corrected chi connectivity index (χ4v) is 3.82. The largest absolute Gasteiger partial charge is 0.544 e. The second-order valence-electron chi connectivity index (χ2n) is 8.84. The van der Waals surface area contributed by atoms with Crippen LogP contribution in [0.3, 0.4) is 0 Å². The molecule has 1 atom stereocenters. The summed E-state index contributed by atoms with van der Waals surface area (Å²) in [6.07, 6.45) is 10.5. The molecule has 1 unspecified atom stereocenters. The highest BCUT2D eigenvalue weighted by Gasteiger charge is 2.39. The lowest BCUT2D eigenvalue weighted by molar-refractivity contribution is 0.0575. The summed E-state index contributed by atoms with van der Waals surface area (Å²) in [5.41, 5.74) is 1.19. The number of hydrogen-bond acceptors (Lipinski definition) is 2. The van der Waals surface area contributed by atoms with E-state index in [4.69, 9.17) is 9.16 Å². The minimum Gasteiger partial charge on any atom is -0.544 e. The molecule has 0 fully saturated rings. The van der Waals surface area contributed by atoms with Gasteiger partial charge in [0.15, 0.2) is 0 Å².